The van der Waals surface area contributed by atoms with Crippen LogP contribution in [0.4, 0.5) is 10.5 Å². The Balaban J connectivity index is 2.58. The van der Waals surface area contributed by atoms with E-state index in [0.29, 0.717) is 22.7 Å². The smallest absolute Gasteiger partial charge is 0.407 e. The second-order valence-electron chi connectivity index (χ2n) is 6.36. The average molecular weight is 384 g/mol. The van der Waals surface area contributed by atoms with Crippen LogP contribution in [-0.4, -0.2) is 37.7 Å². The predicted octanol–water partition coefficient (Wildman–Crippen LogP) is 3.21. The van der Waals surface area contributed by atoms with Crippen LogP contribution in [0.15, 0.2) is 12.1 Å². The molecule has 0 bridgehead atoms. The Hall–Kier alpha value is -2.09. The number of thioether (sulfide) groups is 1. The first-order chi connectivity index (χ1) is 12.2. The van der Waals surface area contributed by atoms with Crippen LogP contribution in [0.25, 0.3) is 0 Å². The highest BCUT2D eigenvalue weighted by atomic mass is 32.2. The molecule has 0 aliphatic rings. The van der Waals surface area contributed by atoms with Crippen molar-refractivity contribution in [3.63, 3.8) is 0 Å². The van der Waals surface area contributed by atoms with Crippen LogP contribution in [-0.2, 0) is 16.1 Å². The van der Waals surface area contributed by atoms with Crippen molar-refractivity contribution in [2.75, 3.05) is 32.3 Å². The van der Waals surface area contributed by atoms with Crippen LogP contribution in [0.1, 0.15) is 32.8 Å². The molecular weight excluding hydrogens is 356 g/mol. The number of alkyl carbamates (subject to hydrolysis) is 1. The molecule has 0 aliphatic heterocycles. The summed E-state index contributed by atoms with van der Waals surface area (Å²) in [4.78, 5) is 24.1. The van der Waals surface area contributed by atoms with Gasteiger partial charge in [-0.3, -0.25) is 4.79 Å². The number of carbonyl (C=O) groups excluding carboxylic acids is 2. The summed E-state index contributed by atoms with van der Waals surface area (Å²) < 4.78 is 15.6. The van der Waals surface area contributed by atoms with E-state index >= 15 is 0 Å². The maximum atomic E-state index is 12.1. The fraction of sp³-hybridized carbons (Fsp3) is 0.556. The van der Waals surface area contributed by atoms with Gasteiger partial charge in [0, 0.05) is 29.6 Å². The van der Waals surface area contributed by atoms with Gasteiger partial charge in [0.15, 0.2) is 16.6 Å². The van der Waals surface area contributed by atoms with E-state index in [-0.39, 0.29) is 18.3 Å². The van der Waals surface area contributed by atoms with Crippen LogP contribution in [0.3, 0.4) is 0 Å². The molecule has 0 saturated heterocycles. The van der Waals surface area contributed by atoms with Gasteiger partial charge in [0.1, 0.15) is 6.61 Å². The van der Waals surface area contributed by atoms with Gasteiger partial charge in [-0.1, -0.05) is 32.5 Å². The number of carbonyl (C=O) groups is 2. The summed E-state index contributed by atoms with van der Waals surface area (Å²) in [5.41, 5.74) is 6.31. The summed E-state index contributed by atoms with van der Waals surface area (Å²) in [6.07, 6.45) is 0.315. The Morgan fingerprint density at radius 1 is 1.19 bits per heavy atom. The zero-order valence-electron chi connectivity index (χ0n) is 16.0. The second kappa shape index (κ2) is 10.2. The van der Waals surface area contributed by atoms with E-state index in [1.807, 2.05) is 6.92 Å². The second-order valence-corrected chi connectivity index (χ2v) is 7.42. The first kappa shape index (κ1) is 22.0. The zero-order chi connectivity index (χ0) is 19.7. The molecule has 0 radical (unpaired) electrons. The molecule has 0 heterocycles. The molecule has 7 nitrogen and oxygen atoms in total. The molecule has 146 valence electrons. The fourth-order valence-electron chi connectivity index (χ4n) is 2.01. The molecule has 0 fully saturated rings. The number of hydrogen-bond donors (Lipinski definition) is 2. The standard InChI is InChI=1S/C18H28N2O5S/c1-6-7-26-16(21)18(2,3)11-20-17(22)25-10-12-8-14(23-4)15(24-5)9-13(12)19/h8-9H,6-7,10-11,19H2,1-5H3,(H,20,22). The van der Waals surface area contributed by atoms with Gasteiger partial charge in [-0.25, -0.2) is 4.79 Å². The normalized spacial score (nSPS) is 11.0. The molecule has 1 rings (SSSR count). The summed E-state index contributed by atoms with van der Waals surface area (Å²) in [7, 11) is 3.03. The molecular formula is C18H28N2O5S. The fourth-order valence-corrected chi connectivity index (χ4v) is 2.86. The van der Waals surface area contributed by atoms with Gasteiger partial charge in [0.2, 0.25) is 0 Å². The first-order valence-corrected chi connectivity index (χ1v) is 9.32. The molecule has 1 aromatic carbocycles. The van der Waals surface area contributed by atoms with E-state index in [1.54, 1.807) is 26.0 Å². The van der Waals surface area contributed by atoms with E-state index in [2.05, 4.69) is 5.32 Å². The number of nitrogens with one attached hydrogen (secondary N) is 1. The molecule has 1 aromatic rings. The van der Waals surface area contributed by atoms with Crippen molar-refractivity contribution in [2.45, 2.75) is 33.8 Å². The molecule has 0 spiro atoms. The lowest BCUT2D eigenvalue weighted by molar-refractivity contribution is -0.117. The van der Waals surface area contributed by atoms with Crippen molar-refractivity contribution >= 4 is 28.7 Å². The van der Waals surface area contributed by atoms with Crippen LogP contribution >= 0.6 is 11.8 Å². The van der Waals surface area contributed by atoms with Gasteiger partial charge < -0.3 is 25.3 Å². The number of hydrogen-bond acceptors (Lipinski definition) is 7. The Bertz CT molecular complexity index is 634. The summed E-state index contributed by atoms with van der Waals surface area (Å²) in [5, 5.41) is 2.67. The third-order valence-corrected chi connectivity index (χ3v) is 5.10. The first-order valence-electron chi connectivity index (χ1n) is 8.33. The molecule has 0 aliphatic carbocycles. The van der Waals surface area contributed by atoms with Crippen molar-refractivity contribution < 1.29 is 23.8 Å². The third-order valence-electron chi connectivity index (χ3n) is 3.67. The predicted molar refractivity (Wildman–Crippen MR) is 104 cm³/mol. The maximum absolute atomic E-state index is 12.1. The zero-order valence-corrected chi connectivity index (χ0v) is 16.8. The maximum Gasteiger partial charge on any atom is 0.407 e. The summed E-state index contributed by atoms with van der Waals surface area (Å²) in [6.45, 7) is 5.79. The molecule has 1 amide bonds. The van der Waals surface area contributed by atoms with Crippen molar-refractivity contribution in [3.05, 3.63) is 17.7 Å². The van der Waals surface area contributed by atoms with E-state index in [0.717, 1.165) is 12.2 Å². The Morgan fingerprint density at radius 3 is 2.38 bits per heavy atom. The highest BCUT2D eigenvalue weighted by Gasteiger charge is 2.28. The number of ether oxygens (including phenoxy) is 3. The largest absolute Gasteiger partial charge is 0.493 e. The Morgan fingerprint density at radius 2 is 1.81 bits per heavy atom. The van der Waals surface area contributed by atoms with Crippen LogP contribution < -0.4 is 20.5 Å². The Kier molecular flexibility index (Phi) is 8.57. The van der Waals surface area contributed by atoms with E-state index in [4.69, 9.17) is 19.9 Å². The van der Waals surface area contributed by atoms with Crippen LogP contribution in [0, 0.1) is 5.41 Å². The number of benzene rings is 1. The van der Waals surface area contributed by atoms with Crippen LogP contribution in [0.2, 0.25) is 0 Å². The number of nitrogens with two attached hydrogens (primary N) is 1. The molecule has 0 unspecified atom stereocenters. The monoisotopic (exact) mass is 384 g/mol. The van der Waals surface area contributed by atoms with Crippen molar-refractivity contribution in [1.82, 2.24) is 5.32 Å². The topological polar surface area (TPSA) is 99.9 Å². The van der Waals surface area contributed by atoms with E-state index in [1.165, 1.54) is 26.0 Å². The third kappa shape index (κ3) is 6.33. The minimum Gasteiger partial charge on any atom is -0.493 e. The number of rotatable bonds is 9. The molecule has 0 atom stereocenters. The highest BCUT2D eigenvalue weighted by Crippen LogP contribution is 2.32. The van der Waals surface area contributed by atoms with Gasteiger partial charge in [-0.2, -0.15) is 0 Å². The molecule has 0 saturated carbocycles. The van der Waals surface area contributed by atoms with Crippen LogP contribution in [0.5, 0.6) is 11.5 Å². The van der Waals surface area contributed by atoms with E-state index < -0.39 is 11.5 Å². The minimum atomic E-state index is -0.665. The summed E-state index contributed by atoms with van der Waals surface area (Å²) in [6, 6.07) is 3.28. The number of amides is 1. The lowest BCUT2D eigenvalue weighted by Crippen LogP contribution is -2.38. The van der Waals surface area contributed by atoms with Gasteiger partial charge in [0.25, 0.3) is 0 Å². The lowest BCUT2D eigenvalue weighted by atomic mass is 9.96. The molecule has 8 heteroatoms. The van der Waals surface area contributed by atoms with Gasteiger partial charge in [0.05, 0.1) is 19.6 Å². The molecule has 0 aromatic heterocycles. The van der Waals surface area contributed by atoms with E-state index in [9.17, 15) is 9.59 Å². The van der Waals surface area contributed by atoms with Crippen molar-refractivity contribution in [1.29, 1.82) is 0 Å². The molecule has 26 heavy (non-hydrogen) atoms. The number of nitrogen functional groups attached to an aromatic ring is 1. The quantitative estimate of drug-likeness (QED) is 0.631. The summed E-state index contributed by atoms with van der Waals surface area (Å²) in [5.74, 6) is 1.77. The SMILES string of the molecule is CCCSC(=O)C(C)(C)CNC(=O)OCc1cc(OC)c(OC)cc1N. The van der Waals surface area contributed by atoms with Crippen molar-refractivity contribution in [2.24, 2.45) is 5.41 Å². The minimum absolute atomic E-state index is 0.0169. The van der Waals surface area contributed by atoms with Crippen molar-refractivity contribution in [3.8, 4) is 11.5 Å². The lowest BCUT2D eigenvalue weighted by Gasteiger charge is -2.22. The highest BCUT2D eigenvalue weighted by molar-refractivity contribution is 8.13. The summed E-state index contributed by atoms with van der Waals surface area (Å²) >= 11 is 1.28. The Labute approximate surface area is 158 Å². The number of methoxy groups -OCH3 is 2. The van der Waals surface area contributed by atoms with Gasteiger partial charge in [-0.15, -0.1) is 0 Å². The molecule has 3 N–H and O–H groups in total. The van der Waals surface area contributed by atoms with Gasteiger partial charge in [-0.05, 0) is 12.5 Å². The van der Waals surface area contributed by atoms with Gasteiger partial charge >= 0.3 is 6.09 Å². The average Bonchev–Trinajstić information content (AvgIpc) is 2.62. The number of anilines is 1.